The van der Waals surface area contributed by atoms with Gasteiger partial charge in [0.15, 0.2) is 0 Å². The summed E-state index contributed by atoms with van der Waals surface area (Å²) in [7, 11) is 2.02. The van der Waals surface area contributed by atoms with Gasteiger partial charge < -0.3 is 9.88 Å². The van der Waals surface area contributed by atoms with Crippen LogP contribution in [-0.4, -0.2) is 21.1 Å². The summed E-state index contributed by atoms with van der Waals surface area (Å²) in [5.74, 6) is 1.07. The normalized spacial score (nSPS) is 12.6. The van der Waals surface area contributed by atoms with Crippen LogP contribution in [-0.2, 0) is 13.5 Å². The standard InChI is InChI=1S/C14H19BrN4/c1-3-6-16-13(9-14-17-7-8-19(14)2)12-5-4-11(15)10-18-12/h4-5,7-8,10,13,16H,3,6,9H2,1-2H3. The minimum atomic E-state index is 0.203. The van der Waals surface area contributed by atoms with E-state index >= 15 is 0 Å². The predicted molar refractivity (Wildman–Crippen MR) is 79.9 cm³/mol. The third-order valence-electron chi connectivity index (χ3n) is 3.06. The van der Waals surface area contributed by atoms with Gasteiger partial charge in [0, 0.05) is 36.5 Å². The minimum Gasteiger partial charge on any atom is -0.338 e. The van der Waals surface area contributed by atoms with Crippen LogP contribution in [0.4, 0.5) is 0 Å². The first kappa shape index (κ1) is 14.2. The molecule has 0 bridgehead atoms. The van der Waals surface area contributed by atoms with Crippen molar-refractivity contribution in [2.24, 2.45) is 7.05 Å². The van der Waals surface area contributed by atoms with Gasteiger partial charge in [-0.2, -0.15) is 0 Å². The quantitative estimate of drug-likeness (QED) is 0.889. The Morgan fingerprint density at radius 2 is 2.21 bits per heavy atom. The van der Waals surface area contributed by atoms with Crippen LogP contribution in [0.3, 0.4) is 0 Å². The summed E-state index contributed by atoms with van der Waals surface area (Å²) in [6.45, 7) is 3.15. The fraction of sp³-hybridized carbons (Fsp3) is 0.429. The molecule has 0 aliphatic carbocycles. The highest BCUT2D eigenvalue weighted by molar-refractivity contribution is 9.10. The van der Waals surface area contributed by atoms with E-state index in [4.69, 9.17) is 0 Å². The van der Waals surface area contributed by atoms with Gasteiger partial charge in [0.25, 0.3) is 0 Å². The summed E-state index contributed by atoms with van der Waals surface area (Å²) in [4.78, 5) is 8.89. The molecule has 19 heavy (non-hydrogen) atoms. The summed E-state index contributed by atoms with van der Waals surface area (Å²) >= 11 is 3.42. The molecule has 2 aromatic heterocycles. The lowest BCUT2D eigenvalue weighted by Crippen LogP contribution is -2.26. The van der Waals surface area contributed by atoms with Gasteiger partial charge in [0.2, 0.25) is 0 Å². The second-order valence-corrected chi connectivity index (χ2v) is 5.48. The van der Waals surface area contributed by atoms with Gasteiger partial charge in [-0.1, -0.05) is 6.92 Å². The number of rotatable bonds is 6. The number of imidazole rings is 1. The zero-order valence-electron chi connectivity index (χ0n) is 11.3. The Morgan fingerprint density at radius 1 is 1.37 bits per heavy atom. The number of nitrogens with one attached hydrogen (secondary N) is 1. The second kappa shape index (κ2) is 6.82. The molecule has 0 radical (unpaired) electrons. The number of nitrogens with zero attached hydrogens (tertiary/aromatic N) is 3. The SMILES string of the molecule is CCCNC(Cc1nccn1C)c1ccc(Br)cn1. The van der Waals surface area contributed by atoms with E-state index < -0.39 is 0 Å². The number of pyridine rings is 1. The summed E-state index contributed by atoms with van der Waals surface area (Å²) in [5.41, 5.74) is 1.06. The molecule has 2 heterocycles. The molecule has 0 aromatic carbocycles. The highest BCUT2D eigenvalue weighted by Gasteiger charge is 2.15. The molecule has 0 amide bonds. The largest absolute Gasteiger partial charge is 0.338 e. The van der Waals surface area contributed by atoms with Crippen LogP contribution >= 0.6 is 15.9 Å². The molecule has 1 unspecified atom stereocenters. The molecule has 0 fully saturated rings. The maximum atomic E-state index is 4.50. The molecule has 0 aliphatic rings. The number of hydrogen-bond donors (Lipinski definition) is 1. The summed E-state index contributed by atoms with van der Waals surface area (Å²) in [6.07, 6.45) is 7.60. The van der Waals surface area contributed by atoms with Crippen LogP contribution in [0, 0.1) is 0 Å². The van der Waals surface area contributed by atoms with Gasteiger partial charge in [0.05, 0.1) is 11.7 Å². The van der Waals surface area contributed by atoms with Crippen LogP contribution in [0.25, 0.3) is 0 Å². The molecule has 102 valence electrons. The first-order valence-corrected chi connectivity index (χ1v) is 7.31. The van der Waals surface area contributed by atoms with Gasteiger partial charge >= 0.3 is 0 Å². The van der Waals surface area contributed by atoms with E-state index in [1.165, 1.54) is 0 Å². The molecular weight excluding hydrogens is 304 g/mol. The van der Waals surface area contributed by atoms with Gasteiger partial charge in [-0.25, -0.2) is 4.98 Å². The molecule has 2 aromatic rings. The summed E-state index contributed by atoms with van der Waals surface area (Å²) < 4.78 is 3.06. The molecule has 0 spiro atoms. The third-order valence-corrected chi connectivity index (χ3v) is 3.52. The molecule has 5 heteroatoms. The number of aromatic nitrogens is 3. The average molecular weight is 323 g/mol. The zero-order chi connectivity index (χ0) is 13.7. The maximum Gasteiger partial charge on any atom is 0.110 e. The average Bonchev–Trinajstić information content (AvgIpc) is 2.81. The van der Waals surface area contributed by atoms with E-state index in [9.17, 15) is 0 Å². The Bertz CT molecular complexity index is 506. The van der Waals surface area contributed by atoms with E-state index in [2.05, 4.69) is 48.8 Å². The molecule has 4 nitrogen and oxygen atoms in total. The number of hydrogen-bond acceptors (Lipinski definition) is 3. The van der Waals surface area contributed by atoms with Crippen molar-refractivity contribution < 1.29 is 0 Å². The summed E-state index contributed by atoms with van der Waals surface area (Å²) in [6, 6.07) is 4.29. The van der Waals surface area contributed by atoms with Crippen molar-refractivity contribution in [3.05, 3.63) is 46.7 Å². The van der Waals surface area contributed by atoms with E-state index in [0.29, 0.717) is 0 Å². The van der Waals surface area contributed by atoms with Crippen LogP contribution in [0.15, 0.2) is 35.2 Å². The fourth-order valence-electron chi connectivity index (χ4n) is 1.97. The monoisotopic (exact) mass is 322 g/mol. The van der Waals surface area contributed by atoms with E-state index in [0.717, 1.165) is 35.4 Å². The third kappa shape index (κ3) is 3.88. The van der Waals surface area contributed by atoms with E-state index in [1.54, 1.807) is 0 Å². The molecule has 0 saturated carbocycles. The summed E-state index contributed by atoms with van der Waals surface area (Å²) in [5, 5.41) is 3.54. The van der Waals surface area contributed by atoms with Gasteiger partial charge in [0.1, 0.15) is 5.82 Å². The first-order chi connectivity index (χ1) is 9.20. The Balaban J connectivity index is 2.15. The van der Waals surface area contributed by atoms with Crippen LogP contribution in [0.1, 0.15) is 30.9 Å². The Hall–Kier alpha value is -1.20. The van der Waals surface area contributed by atoms with E-state index in [-0.39, 0.29) is 6.04 Å². The lowest BCUT2D eigenvalue weighted by molar-refractivity contribution is 0.501. The molecule has 1 atom stereocenters. The highest BCUT2D eigenvalue weighted by atomic mass is 79.9. The Morgan fingerprint density at radius 3 is 2.79 bits per heavy atom. The van der Waals surface area contributed by atoms with Gasteiger partial charge in [-0.15, -0.1) is 0 Å². The van der Waals surface area contributed by atoms with Crippen molar-refractivity contribution in [1.82, 2.24) is 19.9 Å². The van der Waals surface area contributed by atoms with Crippen molar-refractivity contribution in [1.29, 1.82) is 0 Å². The van der Waals surface area contributed by atoms with Crippen LogP contribution < -0.4 is 5.32 Å². The van der Waals surface area contributed by atoms with Crippen LogP contribution in [0.5, 0.6) is 0 Å². The van der Waals surface area contributed by atoms with Crippen molar-refractivity contribution in [3.8, 4) is 0 Å². The smallest absolute Gasteiger partial charge is 0.110 e. The zero-order valence-corrected chi connectivity index (χ0v) is 12.9. The van der Waals surface area contributed by atoms with Gasteiger partial charge in [-0.3, -0.25) is 4.98 Å². The molecule has 0 saturated heterocycles. The predicted octanol–water partition coefficient (Wildman–Crippen LogP) is 2.86. The number of aryl methyl sites for hydroxylation is 1. The Labute approximate surface area is 122 Å². The van der Waals surface area contributed by atoms with E-state index in [1.807, 2.05) is 31.7 Å². The van der Waals surface area contributed by atoms with Crippen molar-refractivity contribution in [2.45, 2.75) is 25.8 Å². The van der Waals surface area contributed by atoms with Crippen molar-refractivity contribution >= 4 is 15.9 Å². The lowest BCUT2D eigenvalue weighted by atomic mass is 10.1. The second-order valence-electron chi connectivity index (χ2n) is 4.57. The Kier molecular flexibility index (Phi) is 5.10. The fourth-order valence-corrected chi connectivity index (χ4v) is 2.20. The van der Waals surface area contributed by atoms with Crippen molar-refractivity contribution in [2.75, 3.05) is 6.54 Å². The maximum absolute atomic E-state index is 4.50. The topological polar surface area (TPSA) is 42.7 Å². The van der Waals surface area contributed by atoms with Crippen molar-refractivity contribution in [3.63, 3.8) is 0 Å². The van der Waals surface area contributed by atoms with Crippen LogP contribution in [0.2, 0.25) is 0 Å². The first-order valence-electron chi connectivity index (χ1n) is 6.51. The molecule has 1 N–H and O–H groups in total. The molecule has 0 aliphatic heterocycles. The highest BCUT2D eigenvalue weighted by Crippen LogP contribution is 2.17. The van der Waals surface area contributed by atoms with Gasteiger partial charge in [-0.05, 0) is 41.0 Å². The lowest BCUT2D eigenvalue weighted by Gasteiger charge is -2.18. The number of halogens is 1. The molecular formula is C14H19BrN4. The minimum absolute atomic E-state index is 0.203. The molecule has 2 rings (SSSR count).